The average molecular weight is 367 g/mol. The average Bonchev–Trinajstić information content (AvgIpc) is 3.04. The van der Waals surface area contributed by atoms with Crippen LogP contribution in [-0.4, -0.2) is 66.2 Å². The molecule has 3 rings (SSSR count). The summed E-state index contributed by atoms with van der Waals surface area (Å²) in [5.74, 6) is -5.84. The summed E-state index contributed by atoms with van der Waals surface area (Å²) in [5.41, 5.74) is 0. The van der Waals surface area contributed by atoms with Gasteiger partial charge in [0.1, 0.15) is 4.86 Å². The molecule has 0 spiro atoms. The molecule has 3 aliphatic rings. The Balaban J connectivity index is 1.86. The summed E-state index contributed by atoms with van der Waals surface area (Å²) >= 11 is 9.45. The summed E-state index contributed by atoms with van der Waals surface area (Å²) < 4.78 is 0. The van der Waals surface area contributed by atoms with Crippen LogP contribution in [0.5, 0.6) is 0 Å². The number of carbonyl (C=O) groups excluding carboxylic acids is 6. The number of thiocarbonyl (C=S) groups is 2. The van der Waals surface area contributed by atoms with Gasteiger partial charge in [-0.3, -0.25) is 33.7 Å². The minimum atomic E-state index is -1.68. The third kappa shape index (κ3) is 2.19. The van der Waals surface area contributed by atoms with Crippen molar-refractivity contribution in [1.82, 2.24) is 15.0 Å². The molecule has 0 N–H and O–H groups in total. The van der Waals surface area contributed by atoms with Crippen LogP contribution in [0, 0.1) is 0 Å². The van der Waals surface area contributed by atoms with E-state index >= 15 is 0 Å². The van der Waals surface area contributed by atoms with E-state index in [0.29, 0.717) is 4.90 Å². The van der Waals surface area contributed by atoms with Crippen LogP contribution in [-0.2, 0) is 33.7 Å². The molecule has 12 heteroatoms. The second-order valence-electron chi connectivity index (χ2n) is 4.76. The summed E-state index contributed by atoms with van der Waals surface area (Å²) in [6.07, 6.45) is 1.43. The van der Waals surface area contributed by atoms with Gasteiger partial charge in [-0.2, -0.15) is 0 Å². The minimum absolute atomic E-state index is 0.0651. The number of imide groups is 3. The van der Waals surface area contributed by atoms with Crippen molar-refractivity contribution in [3.05, 3.63) is 12.2 Å². The smallest absolute Gasteiger partial charge is 0.272 e. The van der Waals surface area contributed by atoms with Crippen LogP contribution in [0.4, 0.5) is 0 Å². The molecule has 122 valence electrons. The van der Waals surface area contributed by atoms with Gasteiger partial charge in [0.05, 0.1) is 11.3 Å². The lowest BCUT2D eigenvalue weighted by Crippen LogP contribution is -2.48. The van der Waals surface area contributed by atoms with Gasteiger partial charge >= 0.3 is 0 Å². The van der Waals surface area contributed by atoms with Gasteiger partial charge in [0.2, 0.25) is 0 Å². The number of rotatable bonds is 3. The first-order chi connectivity index (χ1) is 11.2. The number of hydrogen-bond acceptors (Lipinski definition) is 9. The van der Waals surface area contributed by atoms with Crippen molar-refractivity contribution in [2.45, 2.75) is 12.5 Å². The van der Waals surface area contributed by atoms with E-state index in [2.05, 4.69) is 12.2 Å². The van der Waals surface area contributed by atoms with E-state index in [-0.39, 0.29) is 15.0 Å². The first-order valence-electron chi connectivity index (χ1n) is 6.29. The van der Waals surface area contributed by atoms with Crippen LogP contribution in [0.1, 0.15) is 6.42 Å². The molecule has 0 aromatic carbocycles. The van der Waals surface area contributed by atoms with Crippen LogP contribution >= 0.6 is 24.4 Å². The summed E-state index contributed by atoms with van der Waals surface area (Å²) in [5, 5.41) is 0.227. The SMILES string of the molecule is O=C1CC(=S)C(=O)N1ON1C(=O)C(=S)C(N2C(=O)C=CC2=O)C1=O. The van der Waals surface area contributed by atoms with E-state index in [4.69, 9.17) is 17.2 Å². The van der Waals surface area contributed by atoms with Crippen molar-refractivity contribution in [2.24, 2.45) is 0 Å². The maximum absolute atomic E-state index is 12.3. The molecule has 1 atom stereocenters. The lowest BCUT2D eigenvalue weighted by Gasteiger charge is -2.21. The summed E-state index contributed by atoms with van der Waals surface area (Å²) in [4.78, 5) is 75.4. The second kappa shape index (κ2) is 5.43. The molecular formula is C12H5N3O7S2. The molecule has 0 aromatic heterocycles. The lowest BCUT2D eigenvalue weighted by atomic mass is 10.2. The number of hydroxylamine groups is 4. The van der Waals surface area contributed by atoms with E-state index in [0.717, 1.165) is 12.2 Å². The molecule has 0 saturated carbocycles. The number of nitrogens with zero attached hydrogens (tertiary/aromatic N) is 3. The van der Waals surface area contributed by atoms with Crippen LogP contribution in [0.25, 0.3) is 0 Å². The van der Waals surface area contributed by atoms with Gasteiger partial charge in [0.15, 0.2) is 6.04 Å². The molecule has 24 heavy (non-hydrogen) atoms. The number of carbonyl (C=O) groups is 6. The highest BCUT2D eigenvalue weighted by molar-refractivity contribution is 7.82. The quantitative estimate of drug-likeness (QED) is 0.411. The highest BCUT2D eigenvalue weighted by Crippen LogP contribution is 2.23. The molecule has 3 heterocycles. The van der Waals surface area contributed by atoms with Crippen LogP contribution in [0.3, 0.4) is 0 Å². The van der Waals surface area contributed by atoms with Gasteiger partial charge < -0.3 is 0 Å². The molecule has 3 aliphatic heterocycles. The third-order valence-corrected chi connectivity index (χ3v) is 4.02. The molecule has 0 aliphatic carbocycles. The molecule has 1 unspecified atom stereocenters. The second-order valence-corrected chi connectivity index (χ2v) is 5.69. The summed E-state index contributed by atoms with van der Waals surface area (Å²) in [7, 11) is 0. The van der Waals surface area contributed by atoms with Crippen molar-refractivity contribution >= 4 is 69.6 Å². The molecule has 0 bridgehead atoms. The van der Waals surface area contributed by atoms with E-state index in [1.54, 1.807) is 0 Å². The highest BCUT2D eigenvalue weighted by Gasteiger charge is 2.53. The molecule has 2 fully saturated rings. The number of hydrogen-bond donors (Lipinski definition) is 0. The van der Waals surface area contributed by atoms with E-state index in [1.165, 1.54) is 0 Å². The van der Waals surface area contributed by atoms with Gasteiger partial charge in [0, 0.05) is 12.2 Å². The van der Waals surface area contributed by atoms with Crippen LogP contribution < -0.4 is 0 Å². The standard InChI is InChI=1S/C12H5N3O7S2/c16-5-1-2-6(17)13(5)8-9(24)12(21)15(11(8)20)22-14-7(18)3-4(23)10(14)19/h1-2,8H,3H2. The van der Waals surface area contributed by atoms with Gasteiger partial charge in [-0.25, -0.2) is 0 Å². The van der Waals surface area contributed by atoms with Crippen LogP contribution in [0.2, 0.25) is 0 Å². The molecule has 10 nitrogen and oxygen atoms in total. The first-order valence-corrected chi connectivity index (χ1v) is 7.11. The Bertz CT molecular complexity index is 799. The largest absolute Gasteiger partial charge is 0.296 e. The Kier molecular flexibility index (Phi) is 3.66. The summed E-state index contributed by atoms with van der Waals surface area (Å²) in [6, 6.07) is -1.68. The van der Waals surface area contributed by atoms with Crippen molar-refractivity contribution in [1.29, 1.82) is 0 Å². The topological polar surface area (TPSA) is 121 Å². The molecule has 0 radical (unpaired) electrons. The fourth-order valence-corrected chi connectivity index (χ4v) is 2.68. The monoisotopic (exact) mass is 367 g/mol. The van der Waals surface area contributed by atoms with Gasteiger partial charge in [-0.15, -0.1) is 15.1 Å². The molecule has 0 aromatic rings. The highest BCUT2D eigenvalue weighted by atomic mass is 32.1. The Hall–Kier alpha value is -2.70. The Morgan fingerprint density at radius 1 is 0.917 bits per heavy atom. The molecule has 2 saturated heterocycles. The van der Waals surface area contributed by atoms with E-state index < -0.39 is 52.8 Å². The normalized spacial score (nSPS) is 24.5. The van der Waals surface area contributed by atoms with Crippen molar-refractivity contribution < 1.29 is 33.7 Å². The molecular weight excluding hydrogens is 362 g/mol. The van der Waals surface area contributed by atoms with Crippen LogP contribution in [0.15, 0.2) is 12.2 Å². The lowest BCUT2D eigenvalue weighted by molar-refractivity contribution is -0.267. The zero-order chi connectivity index (χ0) is 17.8. The van der Waals surface area contributed by atoms with Crippen molar-refractivity contribution in [3.63, 3.8) is 0 Å². The third-order valence-electron chi connectivity index (χ3n) is 3.30. The fourth-order valence-electron chi connectivity index (χ4n) is 2.19. The van der Waals surface area contributed by atoms with Gasteiger partial charge in [-0.1, -0.05) is 24.4 Å². The molecule has 6 amide bonds. The number of amides is 6. The Morgan fingerprint density at radius 3 is 2.00 bits per heavy atom. The van der Waals surface area contributed by atoms with E-state index in [9.17, 15) is 28.8 Å². The Morgan fingerprint density at radius 2 is 1.50 bits per heavy atom. The predicted molar refractivity (Wildman–Crippen MR) is 79.4 cm³/mol. The van der Waals surface area contributed by atoms with Crippen molar-refractivity contribution in [3.8, 4) is 0 Å². The van der Waals surface area contributed by atoms with Gasteiger partial charge in [-0.05, 0) is 0 Å². The zero-order valence-electron chi connectivity index (χ0n) is 11.5. The first kappa shape index (κ1) is 16.2. The minimum Gasteiger partial charge on any atom is -0.272 e. The Labute approximate surface area is 143 Å². The maximum atomic E-state index is 12.3. The zero-order valence-corrected chi connectivity index (χ0v) is 13.1. The maximum Gasteiger partial charge on any atom is 0.296 e. The predicted octanol–water partition coefficient (Wildman–Crippen LogP) is -2.01. The fraction of sp³-hybridized carbons (Fsp3) is 0.167. The van der Waals surface area contributed by atoms with Crippen molar-refractivity contribution in [2.75, 3.05) is 0 Å². The summed E-state index contributed by atoms with van der Waals surface area (Å²) in [6.45, 7) is 0. The van der Waals surface area contributed by atoms with E-state index in [1.807, 2.05) is 0 Å². The van der Waals surface area contributed by atoms with Gasteiger partial charge in [0.25, 0.3) is 35.4 Å².